The molecule has 1 heterocycles. The van der Waals surface area contributed by atoms with Crippen molar-refractivity contribution in [1.29, 1.82) is 0 Å². The number of nitrogens with zero attached hydrogens (tertiary/aromatic N) is 1. The molecule has 0 bridgehead atoms. The van der Waals surface area contributed by atoms with Gasteiger partial charge in [-0.15, -0.1) is 0 Å². The van der Waals surface area contributed by atoms with E-state index in [9.17, 15) is 13.2 Å². The van der Waals surface area contributed by atoms with Crippen molar-refractivity contribution in [3.8, 4) is 0 Å². The fourth-order valence-electron chi connectivity index (χ4n) is 2.31. The molecule has 0 atom stereocenters. The smallest absolute Gasteiger partial charge is 0.223 e. The summed E-state index contributed by atoms with van der Waals surface area (Å²) in [5.74, 6) is -0.307. The van der Waals surface area contributed by atoms with Gasteiger partial charge in [0.25, 0.3) is 0 Å². The van der Waals surface area contributed by atoms with Crippen molar-refractivity contribution in [2.45, 2.75) is 30.6 Å². The monoisotopic (exact) mass is 349 g/mol. The Bertz CT molecular complexity index is 625. The number of sulfone groups is 1. The number of halogens is 2. The van der Waals surface area contributed by atoms with Crippen molar-refractivity contribution in [2.24, 2.45) is 0 Å². The molecule has 0 aliphatic carbocycles. The molecule has 1 fully saturated rings. The van der Waals surface area contributed by atoms with Crippen LogP contribution in [0.15, 0.2) is 23.1 Å². The van der Waals surface area contributed by atoms with Gasteiger partial charge in [-0.2, -0.15) is 0 Å². The molecule has 1 aromatic rings. The summed E-state index contributed by atoms with van der Waals surface area (Å²) in [6.07, 6.45) is 3.12. The predicted octanol–water partition coefficient (Wildman–Crippen LogP) is 3.17. The van der Waals surface area contributed by atoms with Crippen LogP contribution in [-0.4, -0.2) is 38.1 Å². The molecular weight excluding hydrogens is 333 g/mol. The highest BCUT2D eigenvalue weighted by atomic mass is 35.5. The molecule has 1 saturated heterocycles. The Morgan fingerprint density at radius 3 is 2.38 bits per heavy atom. The molecule has 0 spiro atoms. The molecule has 0 aromatic heterocycles. The molecule has 0 radical (unpaired) electrons. The van der Waals surface area contributed by atoms with Gasteiger partial charge in [-0.05, 0) is 37.5 Å². The zero-order valence-electron chi connectivity index (χ0n) is 11.5. The number of likely N-dealkylation sites (tertiary alicyclic amines) is 1. The van der Waals surface area contributed by atoms with Crippen LogP contribution in [0.1, 0.15) is 25.7 Å². The van der Waals surface area contributed by atoms with E-state index in [1.165, 1.54) is 18.2 Å². The van der Waals surface area contributed by atoms with Crippen molar-refractivity contribution >= 4 is 38.9 Å². The normalized spacial score (nSPS) is 16.0. The number of carbonyl (C=O) groups excluding carboxylic acids is 1. The highest BCUT2D eigenvalue weighted by Crippen LogP contribution is 2.25. The Morgan fingerprint density at radius 1 is 1.10 bits per heavy atom. The molecule has 1 amide bonds. The first-order chi connectivity index (χ1) is 9.90. The minimum absolute atomic E-state index is 0.00256. The summed E-state index contributed by atoms with van der Waals surface area (Å²) in [6, 6.07) is 4.18. The first-order valence-corrected chi connectivity index (χ1v) is 9.26. The molecule has 0 saturated carbocycles. The summed E-state index contributed by atoms with van der Waals surface area (Å²) in [7, 11) is -3.52. The average Bonchev–Trinajstić information content (AvgIpc) is 2.48. The average molecular weight is 350 g/mol. The Labute approximate surface area is 134 Å². The van der Waals surface area contributed by atoms with Gasteiger partial charge in [0.1, 0.15) is 0 Å². The van der Waals surface area contributed by atoms with Gasteiger partial charge in [-0.3, -0.25) is 4.79 Å². The topological polar surface area (TPSA) is 54.5 Å². The van der Waals surface area contributed by atoms with Gasteiger partial charge in [0, 0.05) is 19.5 Å². The van der Waals surface area contributed by atoms with E-state index >= 15 is 0 Å². The summed E-state index contributed by atoms with van der Waals surface area (Å²) in [5.41, 5.74) is 0. The molecule has 1 aliphatic rings. The molecule has 0 N–H and O–H groups in total. The van der Waals surface area contributed by atoms with Crippen molar-refractivity contribution in [3.05, 3.63) is 28.2 Å². The van der Waals surface area contributed by atoms with E-state index in [2.05, 4.69) is 0 Å². The maximum absolute atomic E-state index is 12.2. The molecule has 1 aromatic carbocycles. The van der Waals surface area contributed by atoms with E-state index < -0.39 is 9.84 Å². The van der Waals surface area contributed by atoms with E-state index in [4.69, 9.17) is 23.2 Å². The molecule has 21 heavy (non-hydrogen) atoms. The van der Waals surface area contributed by atoms with Crippen LogP contribution in [-0.2, 0) is 14.6 Å². The molecule has 7 heteroatoms. The van der Waals surface area contributed by atoms with Crippen LogP contribution in [0.25, 0.3) is 0 Å². The van der Waals surface area contributed by atoms with E-state index in [1.54, 1.807) is 4.90 Å². The van der Waals surface area contributed by atoms with Crippen LogP contribution in [0, 0.1) is 0 Å². The van der Waals surface area contributed by atoms with Gasteiger partial charge < -0.3 is 4.90 Å². The van der Waals surface area contributed by atoms with E-state index in [1.807, 2.05) is 0 Å². The van der Waals surface area contributed by atoms with E-state index in [0.717, 1.165) is 32.4 Å². The maximum Gasteiger partial charge on any atom is 0.223 e. The fourth-order valence-corrected chi connectivity index (χ4v) is 3.93. The van der Waals surface area contributed by atoms with Crippen LogP contribution in [0.4, 0.5) is 0 Å². The van der Waals surface area contributed by atoms with E-state index in [-0.39, 0.29) is 28.0 Å². The molecular formula is C14H17Cl2NO3S. The number of hydrogen-bond donors (Lipinski definition) is 0. The minimum Gasteiger partial charge on any atom is -0.343 e. The van der Waals surface area contributed by atoms with Gasteiger partial charge >= 0.3 is 0 Å². The Balaban J connectivity index is 2.00. The number of benzene rings is 1. The fraction of sp³-hybridized carbons (Fsp3) is 0.500. The Kier molecular flexibility index (Phi) is 5.52. The lowest BCUT2D eigenvalue weighted by atomic mass is 10.1. The van der Waals surface area contributed by atoms with Crippen LogP contribution >= 0.6 is 23.2 Å². The molecule has 116 valence electrons. The largest absolute Gasteiger partial charge is 0.343 e. The van der Waals surface area contributed by atoms with Crippen LogP contribution in [0.2, 0.25) is 10.0 Å². The molecule has 1 aliphatic heterocycles. The van der Waals surface area contributed by atoms with Crippen LogP contribution in [0.5, 0.6) is 0 Å². The number of rotatable bonds is 4. The zero-order valence-corrected chi connectivity index (χ0v) is 13.8. The van der Waals surface area contributed by atoms with Gasteiger partial charge in [0.05, 0.1) is 20.7 Å². The van der Waals surface area contributed by atoms with Crippen LogP contribution < -0.4 is 0 Å². The van der Waals surface area contributed by atoms with E-state index in [0.29, 0.717) is 5.02 Å². The lowest BCUT2D eigenvalue weighted by Crippen LogP contribution is -2.36. The summed E-state index contributed by atoms with van der Waals surface area (Å²) in [5, 5.41) is 0.500. The number of hydrogen-bond acceptors (Lipinski definition) is 3. The van der Waals surface area contributed by atoms with Gasteiger partial charge in [-0.1, -0.05) is 23.2 Å². The highest BCUT2D eigenvalue weighted by molar-refractivity contribution is 7.91. The molecule has 2 rings (SSSR count). The summed E-state index contributed by atoms with van der Waals surface area (Å²) in [6.45, 7) is 1.46. The summed E-state index contributed by atoms with van der Waals surface area (Å²) < 4.78 is 24.4. The second-order valence-electron chi connectivity index (χ2n) is 5.09. The van der Waals surface area contributed by atoms with Gasteiger partial charge in [0.15, 0.2) is 9.84 Å². The Morgan fingerprint density at radius 2 is 1.76 bits per heavy atom. The zero-order chi connectivity index (χ0) is 15.5. The van der Waals surface area contributed by atoms with Gasteiger partial charge in [0.2, 0.25) is 5.91 Å². The predicted molar refractivity (Wildman–Crippen MR) is 83.6 cm³/mol. The maximum atomic E-state index is 12.2. The second kappa shape index (κ2) is 6.99. The number of carbonyl (C=O) groups is 1. The SMILES string of the molecule is O=C(CCS(=O)(=O)c1ccc(Cl)c(Cl)c1)N1CCCCC1. The number of piperidine rings is 1. The van der Waals surface area contributed by atoms with Gasteiger partial charge in [-0.25, -0.2) is 8.42 Å². The van der Waals surface area contributed by atoms with Crippen LogP contribution in [0.3, 0.4) is 0 Å². The highest BCUT2D eigenvalue weighted by Gasteiger charge is 2.21. The molecule has 4 nitrogen and oxygen atoms in total. The quantitative estimate of drug-likeness (QED) is 0.838. The minimum atomic E-state index is -3.52. The third-order valence-corrected chi connectivity index (χ3v) is 6.00. The first kappa shape index (κ1) is 16.6. The molecule has 0 unspecified atom stereocenters. The standard InChI is InChI=1S/C14H17Cl2NO3S/c15-12-5-4-11(10-13(12)16)21(19,20)9-6-14(18)17-7-2-1-3-8-17/h4-5,10H,1-3,6-9H2. The second-order valence-corrected chi connectivity index (χ2v) is 8.01. The third kappa shape index (κ3) is 4.34. The summed E-state index contributed by atoms with van der Waals surface area (Å²) in [4.78, 5) is 13.9. The first-order valence-electron chi connectivity index (χ1n) is 6.86. The van der Waals surface area contributed by atoms with Crippen molar-refractivity contribution in [2.75, 3.05) is 18.8 Å². The van der Waals surface area contributed by atoms with Crippen molar-refractivity contribution in [3.63, 3.8) is 0 Å². The van der Waals surface area contributed by atoms with Crippen molar-refractivity contribution in [1.82, 2.24) is 4.90 Å². The third-order valence-electron chi connectivity index (χ3n) is 3.54. The summed E-state index contributed by atoms with van der Waals surface area (Å²) >= 11 is 11.6. The lowest BCUT2D eigenvalue weighted by Gasteiger charge is -2.26. The number of amides is 1. The lowest BCUT2D eigenvalue weighted by molar-refractivity contribution is -0.131. The van der Waals surface area contributed by atoms with Crippen molar-refractivity contribution < 1.29 is 13.2 Å². The Hall–Kier alpha value is -0.780.